The van der Waals surface area contributed by atoms with E-state index in [-0.39, 0.29) is 16.7 Å². The normalized spacial score (nSPS) is 11.5. The molecule has 6 heteroatoms. The first kappa shape index (κ1) is 14.3. The molecule has 0 heterocycles. The van der Waals surface area contributed by atoms with Crippen molar-refractivity contribution in [1.29, 1.82) is 0 Å². The van der Waals surface area contributed by atoms with Gasteiger partial charge < -0.3 is 4.74 Å². The van der Waals surface area contributed by atoms with Gasteiger partial charge >= 0.3 is 6.36 Å². The molecule has 20 heavy (non-hydrogen) atoms. The lowest BCUT2D eigenvalue weighted by molar-refractivity contribution is -0.274. The number of benzene rings is 2. The molecule has 0 saturated carbocycles. The van der Waals surface area contributed by atoms with Crippen molar-refractivity contribution < 1.29 is 26.7 Å². The van der Waals surface area contributed by atoms with Crippen LogP contribution in [0.2, 0.25) is 0 Å². The van der Waals surface area contributed by atoms with Gasteiger partial charge in [0.1, 0.15) is 17.4 Å². The Balaban J connectivity index is 2.45. The Kier molecular flexibility index (Phi) is 3.65. The van der Waals surface area contributed by atoms with E-state index < -0.39 is 23.7 Å². The highest BCUT2D eigenvalue weighted by Crippen LogP contribution is 2.32. The third-order valence-electron chi connectivity index (χ3n) is 2.66. The van der Waals surface area contributed by atoms with E-state index in [4.69, 9.17) is 0 Å². The number of rotatable bonds is 2. The van der Waals surface area contributed by atoms with Crippen LogP contribution in [-0.4, -0.2) is 6.36 Å². The fourth-order valence-electron chi connectivity index (χ4n) is 1.73. The molecule has 0 radical (unpaired) electrons. The zero-order valence-electron chi connectivity index (χ0n) is 10.3. The van der Waals surface area contributed by atoms with Crippen LogP contribution in [-0.2, 0) is 0 Å². The third-order valence-corrected chi connectivity index (χ3v) is 2.66. The number of hydrogen-bond acceptors (Lipinski definition) is 1. The molecule has 0 N–H and O–H groups in total. The van der Waals surface area contributed by atoms with Crippen molar-refractivity contribution in [3.05, 3.63) is 53.6 Å². The third kappa shape index (κ3) is 3.26. The molecule has 0 aromatic heterocycles. The first-order valence-electron chi connectivity index (χ1n) is 5.58. The SMILES string of the molecule is Cc1ccc(-c2ccc(F)cc2F)cc1OC(F)(F)F. The van der Waals surface area contributed by atoms with Crippen LogP contribution in [0.25, 0.3) is 11.1 Å². The van der Waals surface area contributed by atoms with Crippen LogP contribution in [0.15, 0.2) is 36.4 Å². The second-order valence-corrected chi connectivity index (χ2v) is 4.15. The lowest BCUT2D eigenvalue weighted by atomic mass is 10.0. The van der Waals surface area contributed by atoms with Gasteiger partial charge in [-0.25, -0.2) is 8.78 Å². The minimum Gasteiger partial charge on any atom is -0.405 e. The summed E-state index contributed by atoms with van der Waals surface area (Å²) in [6.45, 7) is 1.44. The second-order valence-electron chi connectivity index (χ2n) is 4.15. The van der Waals surface area contributed by atoms with Crippen molar-refractivity contribution in [3.8, 4) is 16.9 Å². The Hall–Kier alpha value is -2.11. The summed E-state index contributed by atoms with van der Waals surface area (Å²) < 4.78 is 67.0. The minimum absolute atomic E-state index is 0.00146. The van der Waals surface area contributed by atoms with Crippen LogP contribution in [0, 0.1) is 18.6 Å². The average Bonchev–Trinajstić information content (AvgIpc) is 2.30. The summed E-state index contributed by atoms with van der Waals surface area (Å²) in [7, 11) is 0. The zero-order chi connectivity index (χ0) is 14.9. The molecule has 0 unspecified atom stereocenters. The van der Waals surface area contributed by atoms with Gasteiger partial charge in [0.25, 0.3) is 0 Å². The Bertz CT molecular complexity index is 634. The van der Waals surface area contributed by atoms with Gasteiger partial charge in [-0.3, -0.25) is 0 Å². The number of halogens is 5. The van der Waals surface area contributed by atoms with E-state index in [0.29, 0.717) is 6.07 Å². The zero-order valence-corrected chi connectivity index (χ0v) is 10.3. The maximum atomic E-state index is 13.6. The van der Waals surface area contributed by atoms with E-state index in [9.17, 15) is 22.0 Å². The van der Waals surface area contributed by atoms with Crippen molar-refractivity contribution in [2.24, 2.45) is 0 Å². The quantitative estimate of drug-likeness (QED) is 0.718. The maximum Gasteiger partial charge on any atom is 0.573 e. The molecule has 0 aliphatic carbocycles. The Morgan fingerprint density at radius 2 is 1.65 bits per heavy atom. The Labute approximate surface area is 111 Å². The Morgan fingerprint density at radius 3 is 2.25 bits per heavy atom. The lowest BCUT2D eigenvalue weighted by Gasteiger charge is -2.13. The van der Waals surface area contributed by atoms with Gasteiger partial charge in [-0.05, 0) is 36.2 Å². The van der Waals surface area contributed by atoms with Gasteiger partial charge in [0.05, 0.1) is 0 Å². The summed E-state index contributed by atoms with van der Waals surface area (Å²) in [4.78, 5) is 0. The average molecular weight is 288 g/mol. The molecule has 106 valence electrons. The van der Waals surface area contributed by atoms with Crippen LogP contribution < -0.4 is 4.74 Å². The monoisotopic (exact) mass is 288 g/mol. The highest BCUT2D eigenvalue weighted by atomic mass is 19.4. The van der Waals surface area contributed by atoms with Crippen LogP contribution in [0.3, 0.4) is 0 Å². The standard InChI is InChI=1S/C14H9F5O/c1-8-2-3-9(6-13(8)20-14(17,18)19)11-5-4-10(15)7-12(11)16/h2-7H,1H3. The molecule has 2 aromatic carbocycles. The molecule has 2 aromatic rings. The molecule has 0 aliphatic heterocycles. The highest BCUT2D eigenvalue weighted by molar-refractivity contribution is 5.66. The van der Waals surface area contributed by atoms with Crippen LogP contribution in [0.5, 0.6) is 5.75 Å². The van der Waals surface area contributed by atoms with Gasteiger partial charge in [0.15, 0.2) is 0 Å². The fourth-order valence-corrected chi connectivity index (χ4v) is 1.73. The number of ether oxygens (including phenoxy) is 1. The van der Waals surface area contributed by atoms with Crippen LogP contribution in [0.4, 0.5) is 22.0 Å². The van der Waals surface area contributed by atoms with Crippen molar-refractivity contribution in [1.82, 2.24) is 0 Å². The van der Waals surface area contributed by atoms with E-state index in [0.717, 1.165) is 18.2 Å². The van der Waals surface area contributed by atoms with Crippen molar-refractivity contribution in [2.75, 3.05) is 0 Å². The minimum atomic E-state index is -4.83. The predicted octanol–water partition coefficient (Wildman–Crippen LogP) is 4.84. The molecule has 1 nitrogen and oxygen atoms in total. The van der Waals surface area contributed by atoms with E-state index in [2.05, 4.69) is 4.74 Å². The summed E-state index contributed by atoms with van der Waals surface area (Å²) in [5.41, 5.74) is 0.430. The summed E-state index contributed by atoms with van der Waals surface area (Å²) >= 11 is 0. The summed E-state index contributed by atoms with van der Waals surface area (Å²) in [6, 6.07) is 6.74. The molecule has 0 spiro atoms. The molecule has 0 saturated heterocycles. The molecule has 2 rings (SSSR count). The first-order chi connectivity index (χ1) is 9.26. The van der Waals surface area contributed by atoms with Gasteiger partial charge in [0, 0.05) is 11.6 Å². The van der Waals surface area contributed by atoms with E-state index in [1.54, 1.807) is 0 Å². The van der Waals surface area contributed by atoms with E-state index in [1.807, 2.05) is 0 Å². The topological polar surface area (TPSA) is 9.23 Å². The van der Waals surface area contributed by atoms with Crippen molar-refractivity contribution >= 4 is 0 Å². The highest BCUT2D eigenvalue weighted by Gasteiger charge is 2.31. The maximum absolute atomic E-state index is 13.6. The largest absolute Gasteiger partial charge is 0.573 e. The lowest BCUT2D eigenvalue weighted by Crippen LogP contribution is -2.17. The molecule has 0 amide bonds. The molecule has 0 bridgehead atoms. The van der Waals surface area contributed by atoms with Crippen molar-refractivity contribution in [3.63, 3.8) is 0 Å². The molecule has 0 aliphatic rings. The van der Waals surface area contributed by atoms with E-state index >= 15 is 0 Å². The summed E-state index contributed by atoms with van der Waals surface area (Å²) in [5, 5.41) is 0. The second kappa shape index (κ2) is 5.11. The van der Waals surface area contributed by atoms with E-state index in [1.165, 1.54) is 19.1 Å². The van der Waals surface area contributed by atoms with Gasteiger partial charge in [0.2, 0.25) is 0 Å². The fraction of sp³-hybridized carbons (Fsp3) is 0.143. The number of aryl methyl sites for hydroxylation is 1. The molecule has 0 fully saturated rings. The number of alkyl halides is 3. The van der Waals surface area contributed by atoms with Gasteiger partial charge in [-0.1, -0.05) is 12.1 Å². The smallest absolute Gasteiger partial charge is 0.405 e. The van der Waals surface area contributed by atoms with Crippen LogP contribution >= 0.6 is 0 Å². The van der Waals surface area contributed by atoms with Crippen molar-refractivity contribution in [2.45, 2.75) is 13.3 Å². The first-order valence-corrected chi connectivity index (χ1v) is 5.58. The van der Waals surface area contributed by atoms with Crippen LogP contribution in [0.1, 0.15) is 5.56 Å². The predicted molar refractivity (Wildman–Crippen MR) is 63.2 cm³/mol. The van der Waals surface area contributed by atoms with Gasteiger partial charge in [-0.15, -0.1) is 13.2 Å². The summed E-state index contributed by atoms with van der Waals surface area (Å²) in [6.07, 6.45) is -4.83. The molecule has 0 atom stereocenters. The Morgan fingerprint density at radius 1 is 0.950 bits per heavy atom. The molecular formula is C14H9F5O. The molecular weight excluding hydrogens is 279 g/mol. The summed E-state index contributed by atoms with van der Waals surface area (Å²) in [5.74, 6) is -2.03. The number of hydrogen-bond donors (Lipinski definition) is 0. The van der Waals surface area contributed by atoms with Gasteiger partial charge in [-0.2, -0.15) is 0 Å².